The number of amides is 3. The fraction of sp³-hybridized carbons (Fsp3) is 0.200. The number of likely N-dealkylation sites (N-methyl/N-ethyl adjacent to an activating group) is 1. The third kappa shape index (κ3) is 5.12. The zero-order valence-electron chi connectivity index (χ0n) is 16.1. The van der Waals surface area contributed by atoms with E-state index in [2.05, 4.69) is 10.6 Å². The van der Waals surface area contributed by atoms with Crippen LogP contribution in [0.25, 0.3) is 10.4 Å². The molecule has 1 aliphatic heterocycles. The highest BCUT2D eigenvalue weighted by Crippen LogP contribution is 2.34. The second-order valence-electron chi connectivity index (χ2n) is 6.69. The van der Waals surface area contributed by atoms with Gasteiger partial charge in [-0.25, -0.2) is 13.6 Å². The molecule has 0 radical (unpaired) electrons. The fourth-order valence-corrected chi connectivity index (χ4v) is 4.00. The molecule has 162 valence electrons. The van der Waals surface area contributed by atoms with Crippen molar-refractivity contribution in [1.29, 1.82) is 0 Å². The number of rotatable bonds is 6. The van der Waals surface area contributed by atoms with Crippen LogP contribution in [0, 0.1) is 11.6 Å². The number of ketones is 1. The highest BCUT2D eigenvalue weighted by molar-refractivity contribution is 7.15. The second-order valence-corrected chi connectivity index (χ2v) is 7.81. The predicted octanol–water partition coefficient (Wildman–Crippen LogP) is 2.43. The smallest absolute Gasteiger partial charge is 0.316 e. The Balaban J connectivity index is 1.78. The lowest BCUT2D eigenvalue weighted by Crippen LogP contribution is -2.55. The highest BCUT2D eigenvalue weighted by Gasteiger charge is 2.32. The van der Waals surface area contributed by atoms with Crippen LogP contribution in [-0.2, 0) is 14.4 Å². The first-order valence-electron chi connectivity index (χ1n) is 8.98. The number of urea groups is 1. The Morgan fingerprint density at radius 1 is 1.23 bits per heavy atom. The summed E-state index contributed by atoms with van der Waals surface area (Å²) in [5.74, 6) is -3.96. The number of carboxylic acids is 1. The van der Waals surface area contributed by atoms with E-state index in [1.54, 1.807) is 0 Å². The van der Waals surface area contributed by atoms with E-state index in [1.165, 1.54) is 31.4 Å². The van der Waals surface area contributed by atoms with E-state index in [4.69, 9.17) is 0 Å². The van der Waals surface area contributed by atoms with Gasteiger partial charge in [-0.3, -0.25) is 14.4 Å². The maximum atomic E-state index is 14.1. The molecule has 1 unspecified atom stereocenters. The van der Waals surface area contributed by atoms with Gasteiger partial charge < -0.3 is 20.6 Å². The summed E-state index contributed by atoms with van der Waals surface area (Å²) in [6, 6.07) is 2.79. The molecule has 1 aromatic heterocycles. The van der Waals surface area contributed by atoms with Gasteiger partial charge in [-0.1, -0.05) is 0 Å². The Morgan fingerprint density at radius 3 is 2.65 bits per heavy atom. The normalized spacial score (nSPS) is 16.9. The van der Waals surface area contributed by atoms with E-state index in [-0.39, 0.29) is 5.56 Å². The maximum absolute atomic E-state index is 14.1. The van der Waals surface area contributed by atoms with Crippen molar-refractivity contribution in [2.45, 2.75) is 18.5 Å². The number of benzene rings is 1. The zero-order chi connectivity index (χ0) is 22.7. The van der Waals surface area contributed by atoms with Gasteiger partial charge in [0.2, 0.25) is 0 Å². The molecule has 3 amide bonds. The van der Waals surface area contributed by atoms with Crippen molar-refractivity contribution in [3.8, 4) is 10.4 Å². The summed E-state index contributed by atoms with van der Waals surface area (Å²) in [4.78, 5) is 49.6. The number of carbonyl (C=O) groups is 4. The average molecular weight is 449 g/mol. The monoisotopic (exact) mass is 449 g/mol. The van der Waals surface area contributed by atoms with Crippen molar-refractivity contribution in [2.75, 3.05) is 7.05 Å². The maximum Gasteiger partial charge on any atom is 0.316 e. The molecule has 3 N–H and O–H groups in total. The van der Waals surface area contributed by atoms with Crippen LogP contribution in [0.3, 0.4) is 0 Å². The minimum absolute atomic E-state index is 0.129. The number of hydrogen-bond acceptors (Lipinski definition) is 5. The third-order valence-corrected chi connectivity index (χ3v) is 5.70. The Labute approximate surface area is 179 Å². The lowest BCUT2D eigenvalue weighted by Gasteiger charge is -2.25. The number of carboxylic acid groups (broad SMARTS) is 1. The molecule has 3 rings (SSSR count). The molecule has 11 heteroatoms. The molecule has 1 aromatic carbocycles. The van der Waals surface area contributed by atoms with Gasteiger partial charge in [-0.05, 0) is 24.3 Å². The van der Waals surface area contributed by atoms with Crippen LogP contribution in [0.1, 0.15) is 17.3 Å². The van der Waals surface area contributed by atoms with E-state index in [9.17, 15) is 33.1 Å². The summed E-state index contributed by atoms with van der Waals surface area (Å²) < 4.78 is 27.2. The van der Waals surface area contributed by atoms with Crippen molar-refractivity contribution in [1.82, 2.24) is 15.5 Å². The molecular formula is C20H17F2N3O5S. The topological polar surface area (TPSA) is 116 Å². The SMILES string of the molecule is CN1C=CC(=O)C(NC(=O)N[C@@H](CC(=O)O)c2ccc(-c3ccc(F)cc3F)s2)C1=O. The Bertz CT molecular complexity index is 1080. The number of hydrogen-bond donors (Lipinski definition) is 3. The van der Waals surface area contributed by atoms with Crippen molar-refractivity contribution in [2.24, 2.45) is 0 Å². The van der Waals surface area contributed by atoms with E-state index in [0.717, 1.165) is 34.4 Å². The number of aliphatic carboxylic acids is 1. The predicted molar refractivity (Wildman–Crippen MR) is 107 cm³/mol. The van der Waals surface area contributed by atoms with Gasteiger partial charge in [0.15, 0.2) is 11.8 Å². The Kier molecular flexibility index (Phi) is 6.44. The van der Waals surface area contributed by atoms with Gasteiger partial charge >= 0.3 is 12.0 Å². The Morgan fingerprint density at radius 2 is 1.97 bits per heavy atom. The Hall–Kier alpha value is -3.60. The van der Waals surface area contributed by atoms with Gasteiger partial charge in [0.25, 0.3) is 5.91 Å². The van der Waals surface area contributed by atoms with Crippen molar-refractivity contribution < 1.29 is 33.1 Å². The molecule has 2 atom stereocenters. The van der Waals surface area contributed by atoms with Crippen LogP contribution >= 0.6 is 11.3 Å². The first-order valence-corrected chi connectivity index (χ1v) is 9.80. The minimum Gasteiger partial charge on any atom is -0.481 e. The summed E-state index contributed by atoms with van der Waals surface area (Å²) in [7, 11) is 1.42. The minimum atomic E-state index is -1.42. The van der Waals surface area contributed by atoms with Gasteiger partial charge in [0, 0.05) is 40.7 Å². The largest absolute Gasteiger partial charge is 0.481 e. The van der Waals surface area contributed by atoms with Crippen LogP contribution in [0.15, 0.2) is 42.6 Å². The molecule has 0 saturated carbocycles. The molecule has 31 heavy (non-hydrogen) atoms. The lowest BCUT2D eigenvalue weighted by molar-refractivity contribution is -0.138. The number of halogens is 2. The van der Waals surface area contributed by atoms with Gasteiger partial charge in [-0.2, -0.15) is 0 Å². The van der Waals surface area contributed by atoms with Crippen molar-refractivity contribution >= 4 is 35.0 Å². The summed E-state index contributed by atoms with van der Waals surface area (Å²) in [5.41, 5.74) is 0.129. The summed E-state index contributed by atoms with van der Waals surface area (Å²) in [6.07, 6.45) is 1.92. The first-order chi connectivity index (χ1) is 14.7. The molecular weight excluding hydrogens is 432 g/mol. The van der Waals surface area contributed by atoms with Crippen LogP contribution in [-0.4, -0.2) is 46.8 Å². The van der Waals surface area contributed by atoms with Crippen LogP contribution in [0.4, 0.5) is 13.6 Å². The lowest BCUT2D eigenvalue weighted by atomic mass is 10.1. The molecule has 2 heterocycles. The van der Waals surface area contributed by atoms with Crippen molar-refractivity contribution in [3.05, 3.63) is 59.1 Å². The van der Waals surface area contributed by atoms with Gasteiger partial charge in [0.1, 0.15) is 11.6 Å². The number of thiophene rings is 1. The molecule has 0 bridgehead atoms. The van der Waals surface area contributed by atoms with Gasteiger partial charge in [0.05, 0.1) is 12.5 Å². The average Bonchev–Trinajstić information content (AvgIpc) is 3.17. The molecule has 0 spiro atoms. The zero-order valence-corrected chi connectivity index (χ0v) is 16.9. The fourth-order valence-electron chi connectivity index (χ4n) is 2.92. The quantitative estimate of drug-likeness (QED) is 0.586. The van der Waals surface area contributed by atoms with E-state index < -0.39 is 53.8 Å². The standard InChI is InChI=1S/C20H17F2N3O5S/c1-25-7-6-14(26)18(19(25)29)24-20(30)23-13(9-17(27)28)16-5-4-15(31-16)11-3-2-10(21)8-12(11)22/h2-8,13,18H,9H2,1H3,(H,27,28)(H2,23,24,30)/t13-,18?/m0/s1. The third-order valence-electron chi connectivity index (χ3n) is 4.47. The van der Waals surface area contributed by atoms with E-state index in [1.807, 2.05) is 0 Å². The summed E-state index contributed by atoms with van der Waals surface area (Å²) in [5, 5.41) is 13.9. The second kappa shape index (κ2) is 9.04. The molecule has 1 aliphatic rings. The number of nitrogens with zero attached hydrogens (tertiary/aromatic N) is 1. The molecule has 2 aromatic rings. The van der Waals surface area contributed by atoms with E-state index >= 15 is 0 Å². The van der Waals surface area contributed by atoms with Crippen LogP contribution in [0.5, 0.6) is 0 Å². The van der Waals surface area contributed by atoms with Gasteiger partial charge in [-0.15, -0.1) is 11.3 Å². The van der Waals surface area contributed by atoms with Crippen molar-refractivity contribution in [3.63, 3.8) is 0 Å². The van der Waals surface area contributed by atoms with E-state index in [0.29, 0.717) is 9.75 Å². The molecule has 0 aliphatic carbocycles. The number of nitrogens with one attached hydrogen (secondary N) is 2. The molecule has 8 nitrogen and oxygen atoms in total. The summed E-state index contributed by atoms with van der Waals surface area (Å²) in [6.45, 7) is 0. The van der Waals surface area contributed by atoms with Crippen LogP contribution < -0.4 is 10.6 Å². The highest BCUT2D eigenvalue weighted by atomic mass is 32.1. The molecule has 0 saturated heterocycles. The molecule has 0 fully saturated rings. The van der Waals surface area contributed by atoms with Crippen LogP contribution in [0.2, 0.25) is 0 Å². The first kappa shape index (κ1) is 22.1. The number of carbonyl (C=O) groups excluding carboxylic acids is 3. The summed E-state index contributed by atoms with van der Waals surface area (Å²) >= 11 is 1.02.